The number of carbonyl (C=O) groups is 1. The molecule has 0 aromatic carbocycles. The number of hydrogen-bond acceptors (Lipinski definition) is 3. The molecule has 0 radical (unpaired) electrons. The summed E-state index contributed by atoms with van der Waals surface area (Å²) in [6.07, 6.45) is 7.17. The van der Waals surface area contributed by atoms with E-state index in [0.29, 0.717) is 6.54 Å². The van der Waals surface area contributed by atoms with Gasteiger partial charge in [-0.15, -0.1) is 0 Å². The first-order valence-electron chi connectivity index (χ1n) is 6.79. The molecule has 0 atom stereocenters. The third-order valence-corrected chi connectivity index (χ3v) is 3.35. The molecule has 1 amide bonds. The second-order valence-electron chi connectivity index (χ2n) is 4.69. The SMILES string of the molecule is CCNCc1nccn1CC(=O)N1CCCCC1. The highest BCUT2D eigenvalue weighted by Crippen LogP contribution is 2.10. The number of imidazole rings is 1. The normalized spacial score (nSPS) is 15.9. The zero-order chi connectivity index (χ0) is 12.8. The minimum absolute atomic E-state index is 0.213. The standard InChI is InChI=1S/C13H22N4O/c1-2-14-10-12-15-6-9-17(12)11-13(18)16-7-4-3-5-8-16/h6,9,14H,2-5,7-8,10-11H2,1H3. The van der Waals surface area contributed by atoms with Crippen molar-refractivity contribution < 1.29 is 4.79 Å². The van der Waals surface area contributed by atoms with Gasteiger partial charge in [-0.3, -0.25) is 4.79 Å². The lowest BCUT2D eigenvalue weighted by molar-refractivity contribution is -0.132. The molecule has 1 aromatic heterocycles. The van der Waals surface area contributed by atoms with E-state index >= 15 is 0 Å². The molecule has 0 bridgehead atoms. The number of nitrogens with one attached hydrogen (secondary N) is 1. The Kier molecular flexibility index (Phi) is 4.75. The van der Waals surface area contributed by atoms with Gasteiger partial charge in [0, 0.05) is 25.5 Å². The highest BCUT2D eigenvalue weighted by molar-refractivity contribution is 5.76. The Morgan fingerprint density at radius 2 is 2.17 bits per heavy atom. The maximum atomic E-state index is 12.1. The molecule has 1 aromatic rings. The average molecular weight is 250 g/mol. The molecule has 1 aliphatic rings. The van der Waals surface area contributed by atoms with E-state index in [1.54, 1.807) is 6.20 Å². The lowest BCUT2D eigenvalue weighted by atomic mass is 10.1. The van der Waals surface area contributed by atoms with E-state index in [2.05, 4.69) is 17.2 Å². The first-order valence-corrected chi connectivity index (χ1v) is 6.79. The topological polar surface area (TPSA) is 50.2 Å². The zero-order valence-corrected chi connectivity index (χ0v) is 11.1. The van der Waals surface area contributed by atoms with Crippen LogP contribution in [0.1, 0.15) is 32.0 Å². The molecule has 0 saturated carbocycles. The molecule has 1 aliphatic heterocycles. The summed E-state index contributed by atoms with van der Waals surface area (Å²) < 4.78 is 1.94. The van der Waals surface area contributed by atoms with Gasteiger partial charge in [0.15, 0.2) is 0 Å². The van der Waals surface area contributed by atoms with Crippen molar-refractivity contribution in [3.8, 4) is 0 Å². The molecule has 1 N–H and O–H groups in total. The summed E-state index contributed by atoms with van der Waals surface area (Å²) in [7, 11) is 0. The lowest BCUT2D eigenvalue weighted by Gasteiger charge is -2.27. The largest absolute Gasteiger partial charge is 0.341 e. The third kappa shape index (κ3) is 3.32. The maximum absolute atomic E-state index is 12.1. The minimum atomic E-state index is 0.213. The Morgan fingerprint density at radius 1 is 1.39 bits per heavy atom. The number of nitrogens with zero attached hydrogens (tertiary/aromatic N) is 3. The van der Waals surface area contributed by atoms with Gasteiger partial charge < -0.3 is 14.8 Å². The van der Waals surface area contributed by atoms with Crippen molar-refractivity contribution in [3.63, 3.8) is 0 Å². The summed E-state index contributed by atoms with van der Waals surface area (Å²) in [5.41, 5.74) is 0. The average Bonchev–Trinajstić information content (AvgIpc) is 2.84. The number of likely N-dealkylation sites (tertiary alicyclic amines) is 1. The van der Waals surface area contributed by atoms with E-state index < -0.39 is 0 Å². The van der Waals surface area contributed by atoms with Gasteiger partial charge in [-0.2, -0.15) is 0 Å². The van der Waals surface area contributed by atoms with Gasteiger partial charge in [-0.1, -0.05) is 6.92 Å². The van der Waals surface area contributed by atoms with Crippen LogP contribution in [0.2, 0.25) is 0 Å². The Hall–Kier alpha value is -1.36. The summed E-state index contributed by atoms with van der Waals surface area (Å²) in [4.78, 5) is 18.4. The van der Waals surface area contributed by atoms with Crippen molar-refractivity contribution in [1.29, 1.82) is 0 Å². The highest BCUT2D eigenvalue weighted by Gasteiger charge is 2.17. The Labute approximate surface area is 108 Å². The van der Waals surface area contributed by atoms with Crippen LogP contribution in [0.3, 0.4) is 0 Å². The number of piperidine rings is 1. The molecule has 2 heterocycles. The van der Waals surface area contributed by atoms with E-state index in [0.717, 1.165) is 44.8 Å². The minimum Gasteiger partial charge on any atom is -0.341 e. The van der Waals surface area contributed by atoms with Crippen LogP contribution in [0.4, 0.5) is 0 Å². The molecule has 1 fully saturated rings. The van der Waals surface area contributed by atoms with E-state index in [9.17, 15) is 4.79 Å². The third-order valence-electron chi connectivity index (χ3n) is 3.35. The maximum Gasteiger partial charge on any atom is 0.242 e. The zero-order valence-electron chi connectivity index (χ0n) is 11.1. The lowest BCUT2D eigenvalue weighted by Crippen LogP contribution is -2.38. The molecule has 0 spiro atoms. The first-order chi connectivity index (χ1) is 8.81. The smallest absolute Gasteiger partial charge is 0.242 e. The second kappa shape index (κ2) is 6.54. The van der Waals surface area contributed by atoms with E-state index in [-0.39, 0.29) is 5.91 Å². The molecule has 18 heavy (non-hydrogen) atoms. The predicted octanol–water partition coefficient (Wildman–Crippen LogP) is 1.01. The molecular formula is C13H22N4O. The van der Waals surface area contributed by atoms with E-state index in [4.69, 9.17) is 0 Å². The van der Waals surface area contributed by atoms with Crippen LogP contribution in [-0.2, 0) is 17.9 Å². The number of amides is 1. The van der Waals surface area contributed by atoms with Crippen molar-refractivity contribution in [2.24, 2.45) is 0 Å². The van der Waals surface area contributed by atoms with Crippen LogP contribution < -0.4 is 5.32 Å². The summed E-state index contributed by atoms with van der Waals surface area (Å²) in [6.45, 7) is 5.93. The predicted molar refractivity (Wildman–Crippen MR) is 70.0 cm³/mol. The van der Waals surface area contributed by atoms with Crippen molar-refractivity contribution in [2.45, 2.75) is 39.3 Å². The van der Waals surface area contributed by atoms with Gasteiger partial charge in [0.05, 0.1) is 6.54 Å². The molecule has 5 heteroatoms. The first kappa shape index (κ1) is 13.1. The Morgan fingerprint density at radius 3 is 2.89 bits per heavy atom. The van der Waals surface area contributed by atoms with Crippen LogP contribution in [0.25, 0.3) is 0 Å². The fourth-order valence-electron chi connectivity index (χ4n) is 2.28. The highest BCUT2D eigenvalue weighted by atomic mass is 16.2. The summed E-state index contributed by atoms with van der Waals surface area (Å²) in [6, 6.07) is 0. The molecule has 5 nitrogen and oxygen atoms in total. The molecule has 100 valence electrons. The van der Waals surface area contributed by atoms with Crippen molar-refractivity contribution in [2.75, 3.05) is 19.6 Å². The van der Waals surface area contributed by atoms with Crippen molar-refractivity contribution in [3.05, 3.63) is 18.2 Å². The molecule has 0 aliphatic carbocycles. The number of aromatic nitrogens is 2. The van der Waals surface area contributed by atoms with Crippen LogP contribution in [0, 0.1) is 0 Å². The summed E-state index contributed by atoms with van der Waals surface area (Å²) in [5, 5.41) is 3.24. The Balaban J connectivity index is 1.91. The van der Waals surface area contributed by atoms with Gasteiger partial charge in [-0.25, -0.2) is 4.98 Å². The molecule has 0 unspecified atom stereocenters. The van der Waals surface area contributed by atoms with Gasteiger partial charge in [0.25, 0.3) is 0 Å². The van der Waals surface area contributed by atoms with Crippen LogP contribution in [-0.4, -0.2) is 40.0 Å². The van der Waals surface area contributed by atoms with E-state index in [1.165, 1.54) is 6.42 Å². The van der Waals surface area contributed by atoms with Gasteiger partial charge in [0.2, 0.25) is 5.91 Å². The number of carbonyl (C=O) groups excluding carboxylic acids is 1. The van der Waals surface area contributed by atoms with Crippen LogP contribution in [0.5, 0.6) is 0 Å². The monoisotopic (exact) mass is 250 g/mol. The Bertz CT molecular complexity index is 382. The van der Waals surface area contributed by atoms with Gasteiger partial charge in [-0.05, 0) is 25.8 Å². The van der Waals surface area contributed by atoms with E-state index in [1.807, 2.05) is 15.7 Å². The summed E-state index contributed by atoms with van der Waals surface area (Å²) >= 11 is 0. The quantitative estimate of drug-likeness (QED) is 0.848. The number of hydrogen-bond donors (Lipinski definition) is 1. The fourth-order valence-corrected chi connectivity index (χ4v) is 2.28. The van der Waals surface area contributed by atoms with Gasteiger partial charge >= 0.3 is 0 Å². The molecular weight excluding hydrogens is 228 g/mol. The number of rotatable bonds is 5. The summed E-state index contributed by atoms with van der Waals surface area (Å²) in [5.74, 6) is 1.15. The molecule has 1 saturated heterocycles. The van der Waals surface area contributed by atoms with Crippen LogP contribution >= 0.6 is 0 Å². The van der Waals surface area contributed by atoms with Crippen LogP contribution in [0.15, 0.2) is 12.4 Å². The molecule has 2 rings (SSSR count). The van der Waals surface area contributed by atoms with Gasteiger partial charge in [0.1, 0.15) is 12.4 Å². The van der Waals surface area contributed by atoms with Crippen molar-refractivity contribution in [1.82, 2.24) is 19.8 Å². The second-order valence-corrected chi connectivity index (χ2v) is 4.69. The fraction of sp³-hybridized carbons (Fsp3) is 0.692. The van der Waals surface area contributed by atoms with Crippen molar-refractivity contribution >= 4 is 5.91 Å².